The number of benzene rings is 1. The lowest BCUT2D eigenvalue weighted by Crippen LogP contribution is -2.23. The molecule has 0 bridgehead atoms. The van der Waals surface area contributed by atoms with E-state index in [9.17, 15) is 4.79 Å². The number of rotatable bonds is 5. The van der Waals surface area contributed by atoms with Crippen LogP contribution in [0.4, 0.5) is 5.69 Å². The summed E-state index contributed by atoms with van der Waals surface area (Å²) in [7, 11) is 1.71. The van der Waals surface area contributed by atoms with Crippen molar-refractivity contribution >= 4 is 18.3 Å². The van der Waals surface area contributed by atoms with Gasteiger partial charge >= 0.3 is 0 Å². The van der Waals surface area contributed by atoms with Crippen molar-refractivity contribution in [1.29, 1.82) is 0 Å². The van der Waals surface area contributed by atoms with Crippen LogP contribution in [0.3, 0.4) is 0 Å². The third kappa shape index (κ3) is 2.90. The molecule has 74 valence electrons. The quantitative estimate of drug-likeness (QED) is 0.426. The van der Waals surface area contributed by atoms with Crippen molar-refractivity contribution in [2.24, 2.45) is 5.10 Å². The van der Waals surface area contributed by atoms with Gasteiger partial charge in [0.15, 0.2) is 0 Å². The Labute approximate surface area is 83.2 Å². The predicted octanol–water partition coefficient (Wildman–Crippen LogP) is 0.855. The summed E-state index contributed by atoms with van der Waals surface area (Å²) < 4.78 is 0. The highest BCUT2D eigenvalue weighted by Gasteiger charge is 2.00. The van der Waals surface area contributed by atoms with Crippen LogP contribution in [0.2, 0.25) is 0 Å². The Morgan fingerprint density at radius 2 is 2.14 bits per heavy atom. The second-order valence-electron chi connectivity index (χ2n) is 2.63. The summed E-state index contributed by atoms with van der Waals surface area (Å²) in [5.74, 6) is 0. The maximum absolute atomic E-state index is 10.7. The first-order valence-corrected chi connectivity index (χ1v) is 4.33. The summed E-state index contributed by atoms with van der Waals surface area (Å²) in [6.45, 7) is 0.467. The van der Waals surface area contributed by atoms with Crippen molar-refractivity contribution in [3.8, 4) is 0 Å². The molecular weight excluding hydrogens is 178 g/mol. The average Bonchev–Trinajstić information content (AvgIpc) is 2.26. The molecule has 4 nitrogen and oxygen atoms in total. The molecule has 1 aromatic rings. The van der Waals surface area contributed by atoms with Gasteiger partial charge in [-0.05, 0) is 12.1 Å². The number of hydrogen-bond donors (Lipinski definition) is 1. The van der Waals surface area contributed by atoms with E-state index in [2.05, 4.69) is 10.5 Å². The number of amides is 1. The van der Waals surface area contributed by atoms with Gasteiger partial charge in [-0.1, -0.05) is 18.2 Å². The highest BCUT2D eigenvalue weighted by molar-refractivity contribution is 5.81. The second-order valence-corrected chi connectivity index (χ2v) is 2.63. The number of anilines is 1. The van der Waals surface area contributed by atoms with Crippen LogP contribution in [-0.4, -0.2) is 26.2 Å². The van der Waals surface area contributed by atoms with E-state index < -0.39 is 0 Å². The lowest BCUT2D eigenvalue weighted by Gasteiger charge is -2.13. The van der Waals surface area contributed by atoms with E-state index in [-0.39, 0.29) is 0 Å². The molecule has 0 aliphatic rings. The molecule has 1 rings (SSSR count). The van der Waals surface area contributed by atoms with Crippen LogP contribution in [0, 0.1) is 0 Å². The molecule has 0 aliphatic heterocycles. The van der Waals surface area contributed by atoms with E-state index in [0.717, 1.165) is 12.1 Å². The Bertz CT molecular complexity index is 297. The number of hydrogen-bond acceptors (Lipinski definition) is 3. The van der Waals surface area contributed by atoms with E-state index in [1.54, 1.807) is 18.2 Å². The lowest BCUT2D eigenvalue weighted by atomic mass is 10.3. The minimum Gasteiger partial charge on any atom is -0.313 e. The molecule has 0 saturated carbocycles. The number of nitrogens with one attached hydrogen (secondary N) is 1. The SMILES string of the molecule is CNN=CCN(C=O)c1ccccc1. The van der Waals surface area contributed by atoms with Crippen LogP contribution in [-0.2, 0) is 4.79 Å². The minimum absolute atomic E-state index is 0.467. The molecule has 0 saturated heterocycles. The molecule has 1 N–H and O–H groups in total. The molecule has 1 amide bonds. The molecule has 0 heterocycles. The van der Waals surface area contributed by atoms with Gasteiger partial charge in [-0.2, -0.15) is 5.10 Å². The smallest absolute Gasteiger partial charge is 0.214 e. The number of carbonyl (C=O) groups is 1. The molecule has 0 aliphatic carbocycles. The number of carbonyl (C=O) groups excluding carboxylic acids is 1. The second kappa shape index (κ2) is 5.75. The van der Waals surface area contributed by atoms with Gasteiger partial charge < -0.3 is 10.3 Å². The normalized spacial score (nSPS) is 10.1. The summed E-state index contributed by atoms with van der Waals surface area (Å²) in [5.41, 5.74) is 3.49. The van der Waals surface area contributed by atoms with E-state index in [4.69, 9.17) is 0 Å². The standard InChI is InChI=1S/C10H13N3O/c1-11-12-7-8-13(9-14)10-5-3-2-4-6-10/h2-7,9,11H,8H2,1H3. The van der Waals surface area contributed by atoms with Crippen LogP contribution >= 0.6 is 0 Å². The topological polar surface area (TPSA) is 44.7 Å². The van der Waals surface area contributed by atoms with Crippen LogP contribution < -0.4 is 10.3 Å². The van der Waals surface area contributed by atoms with E-state index in [1.165, 1.54) is 0 Å². The van der Waals surface area contributed by atoms with Crippen molar-refractivity contribution in [2.45, 2.75) is 0 Å². The maximum atomic E-state index is 10.7. The fraction of sp³-hybridized carbons (Fsp3) is 0.200. The van der Waals surface area contributed by atoms with Crippen LogP contribution in [0.1, 0.15) is 0 Å². The van der Waals surface area contributed by atoms with Crippen LogP contribution in [0.15, 0.2) is 35.4 Å². The predicted molar refractivity (Wildman–Crippen MR) is 57.4 cm³/mol. The van der Waals surface area contributed by atoms with Gasteiger partial charge in [0.1, 0.15) is 0 Å². The summed E-state index contributed by atoms with van der Waals surface area (Å²) in [6.07, 6.45) is 2.43. The Morgan fingerprint density at radius 3 is 2.71 bits per heavy atom. The third-order valence-electron chi connectivity index (χ3n) is 1.71. The zero-order valence-corrected chi connectivity index (χ0v) is 8.05. The van der Waals surface area contributed by atoms with Gasteiger partial charge in [0.05, 0.1) is 6.54 Å². The van der Waals surface area contributed by atoms with Crippen molar-refractivity contribution in [3.05, 3.63) is 30.3 Å². The first kappa shape index (κ1) is 10.2. The Balaban J connectivity index is 2.63. The minimum atomic E-state index is 0.467. The van der Waals surface area contributed by atoms with Crippen molar-refractivity contribution in [2.75, 3.05) is 18.5 Å². The van der Waals surface area contributed by atoms with Crippen LogP contribution in [0.5, 0.6) is 0 Å². The molecule has 0 atom stereocenters. The Morgan fingerprint density at radius 1 is 1.43 bits per heavy atom. The molecule has 0 unspecified atom stereocenters. The molecule has 0 spiro atoms. The first-order valence-electron chi connectivity index (χ1n) is 4.33. The third-order valence-corrected chi connectivity index (χ3v) is 1.71. The maximum Gasteiger partial charge on any atom is 0.214 e. The zero-order chi connectivity index (χ0) is 10.2. The number of para-hydroxylation sites is 1. The highest BCUT2D eigenvalue weighted by Crippen LogP contribution is 2.09. The average molecular weight is 191 g/mol. The molecular formula is C10H13N3O. The van der Waals surface area contributed by atoms with E-state index in [0.29, 0.717) is 6.54 Å². The van der Waals surface area contributed by atoms with Gasteiger partial charge in [0.2, 0.25) is 6.41 Å². The molecule has 0 aromatic heterocycles. The van der Waals surface area contributed by atoms with Crippen molar-refractivity contribution in [3.63, 3.8) is 0 Å². The largest absolute Gasteiger partial charge is 0.313 e. The molecule has 14 heavy (non-hydrogen) atoms. The van der Waals surface area contributed by atoms with Gasteiger partial charge in [0, 0.05) is 18.9 Å². The Hall–Kier alpha value is -1.84. The monoisotopic (exact) mass is 191 g/mol. The molecule has 4 heteroatoms. The van der Waals surface area contributed by atoms with Crippen molar-refractivity contribution < 1.29 is 4.79 Å². The summed E-state index contributed by atoms with van der Waals surface area (Å²) in [6, 6.07) is 9.44. The lowest BCUT2D eigenvalue weighted by molar-refractivity contribution is -0.107. The molecule has 0 fully saturated rings. The molecule has 1 aromatic carbocycles. The van der Waals surface area contributed by atoms with E-state index >= 15 is 0 Å². The van der Waals surface area contributed by atoms with E-state index in [1.807, 2.05) is 30.3 Å². The van der Waals surface area contributed by atoms with Gasteiger partial charge in [-0.25, -0.2) is 0 Å². The molecule has 0 radical (unpaired) electrons. The summed E-state index contributed by atoms with van der Waals surface area (Å²) >= 11 is 0. The van der Waals surface area contributed by atoms with Gasteiger partial charge in [-0.3, -0.25) is 4.79 Å². The van der Waals surface area contributed by atoms with Crippen LogP contribution in [0.25, 0.3) is 0 Å². The van der Waals surface area contributed by atoms with Gasteiger partial charge in [0.25, 0.3) is 0 Å². The fourth-order valence-corrected chi connectivity index (χ4v) is 1.05. The number of nitrogens with zero attached hydrogens (tertiary/aromatic N) is 2. The first-order chi connectivity index (χ1) is 6.88. The fourth-order valence-electron chi connectivity index (χ4n) is 1.05. The summed E-state index contributed by atoms with van der Waals surface area (Å²) in [5, 5.41) is 3.81. The Kier molecular flexibility index (Phi) is 4.20. The zero-order valence-electron chi connectivity index (χ0n) is 8.05. The van der Waals surface area contributed by atoms with Crippen molar-refractivity contribution in [1.82, 2.24) is 5.43 Å². The highest BCUT2D eigenvalue weighted by atomic mass is 16.1. The number of hydrazone groups is 1. The summed E-state index contributed by atoms with van der Waals surface area (Å²) in [4.78, 5) is 12.3. The van der Waals surface area contributed by atoms with Gasteiger partial charge in [-0.15, -0.1) is 0 Å².